The number of rotatable bonds is 2. The summed E-state index contributed by atoms with van der Waals surface area (Å²) in [4.78, 5) is 10.4. The zero-order valence-electron chi connectivity index (χ0n) is 8.47. The van der Waals surface area contributed by atoms with Crippen molar-refractivity contribution in [1.82, 2.24) is 0 Å². The number of benzene rings is 1. The summed E-state index contributed by atoms with van der Waals surface area (Å²) < 4.78 is 13.2. The first-order valence-electron chi connectivity index (χ1n) is 4.94. The highest BCUT2D eigenvalue weighted by atomic mass is 19.1. The fourth-order valence-electron chi connectivity index (χ4n) is 1.82. The average molecular weight is 219 g/mol. The van der Waals surface area contributed by atoms with Gasteiger partial charge >= 0.3 is 0 Å². The largest absolute Gasteiger partial charge is 0.259 e. The van der Waals surface area contributed by atoms with Crippen LogP contribution in [0.25, 0.3) is 0 Å². The number of hydrogen-bond acceptors (Lipinski definition) is 2. The van der Waals surface area contributed by atoms with E-state index in [2.05, 4.69) is 0 Å². The molecule has 16 heavy (non-hydrogen) atoms. The van der Waals surface area contributed by atoms with Crippen LogP contribution in [0, 0.1) is 10.1 Å². The minimum Gasteiger partial charge on any atom is -0.259 e. The van der Waals surface area contributed by atoms with Crippen LogP contribution in [0.2, 0.25) is 0 Å². The molecule has 1 aliphatic rings. The fourth-order valence-corrected chi connectivity index (χ4v) is 1.82. The molecule has 1 atom stereocenters. The highest BCUT2D eigenvalue weighted by Crippen LogP contribution is 2.34. The molecule has 1 aliphatic carbocycles. The van der Waals surface area contributed by atoms with Crippen molar-refractivity contribution in [2.45, 2.75) is 12.3 Å². The molecule has 0 saturated heterocycles. The van der Waals surface area contributed by atoms with E-state index >= 15 is 0 Å². The summed E-state index contributed by atoms with van der Waals surface area (Å²) in [5, 5.41) is 10.8. The van der Waals surface area contributed by atoms with E-state index < -0.39 is 10.8 Å². The lowest BCUT2D eigenvalue weighted by Gasteiger charge is -2.16. The van der Waals surface area contributed by atoms with Gasteiger partial charge < -0.3 is 0 Å². The van der Waals surface area contributed by atoms with E-state index in [1.807, 2.05) is 6.07 Å². The molecule has 0 spiro atoms. The van der Waals surface area contributed by atoms with E-state index in [4.69, 9.17) is 0 Å². The van der Waals surface area contributed by atoms with Crippen LogP contribution in [-0.4, -0.2) is 4.92 Å². The highest BCUT2D eigenvalue weighted by Gasteiger charge is 2.29. The fraction of sp³-hybridized carbons (Fsp3) is 0.167. The molecule has 0 saturated carbocycles. The Labute approximate surface area is 92.1 Å². The van der Waals surface area contributed by atoms with Crippen molar-refractivity contribution < 1.29 is 9.31 Å². The molecule has 1 aromatic carbocycles. The normalized spacial score (nSPS) is 19.9. The molecule has 0 N–H and O–H groups in total. The minimum absolute atomic E-state index is 0.0487. The summed E-state index contributed by atoms with van der Waals surface area (Å²) in [5.74, 6) is -0.805. The van der Waals surface area contributed by atoms with Gasteiger partial charge in [0, 0.05) is 12.5 Å². The number of nitro groups is 1. The first-order chi connectivity index (χ1) is 7.68. The van der Waals surface area contributed by atoms with Crippen LogP contribution in [0.1, 0.15) is 17.9 Å². The van der Waals surface area contributed by atoms with E-state index in [1.54, 1.807) is 24.3 Å². The van der Waals surface area contributed by atoms with E-state index in [0.717, 1.165) is 11.6 Å². The molecular weight excluding hydrogens is 209 g/mol. The molecule has 0 radical (unpaired) electrons. The predicted molar refractivity (Wildman–Crippen MR) is 58.1 cm³/mol. The Hall–Kier alpha value is -1.97. The third-order valence-corrected chi connectivity index (χ3v) is 2.60. The van der Waals surface area contributed by atoms with Gasteiger partial charge in [-0.2, -0.15) is 0 Å². The number of hydrogen-bond donors (Lipinski definition) is 0. The van der Waals surface area contributed by atoms with E-state index in [-0.39, 0.29) is 17.9 Å². The molecule has 1 unspecified atom stereocenters. The Morgan fingerprint density at radius 1 is 1.25 bits per heavy atom. The molecule has 4 heteroatoms. The molecule has 0 fully saturated rings. The predicted octanol–water partition coefficient (Wildman–Crippen LogP) is 3.19. The van der Waals surface area contributed by atoms with Crippen molar-refractivity contribution in [2.24, 2.45) is 0 Å². The van der Waals surface area contributed by atoms with Crippen LogP contribution in [0.5, 0.6) is 0 Å². The third kappa shape index (κ3) is 2.00. The van der Waals surface area contributed by atoms with Gasteiger partial charge in [0.15, 0.2) is 0 Å². The molecule has 1 aromatic rings. The van der Waals surface area contributed by atoms with Gasteiger partial charge in [-0.25, -0.2) is 4.39 Å². The second-order valence-electron chi connectivity index (χ2n) is 3.63. The van der Waals surface area contributed by atoms with Gasteiger partial charge in [0.2, 0.25) is 0 Å². The number of nitrogens with zero attached hydrogens (tertiary/aromatic N) is 1. The summed E-state index contributed by atoms with van der Waals surface area (Å²) in [6.07, 6.45) is 2.48. The minimum atomic E-state index is -0.485. The van der Waals surface area contributed by atoms with Crippen molar-refractivity contribution >= 4 is 0 Å². The number of allylic oxidation sites excluding steroid dienone is 4. The molecule has 0 heterocycles. The van der Waals surface area contributed by atoms with Crippen molar-refractivity contribution in [3.63, 3.8) is 0 Å². The Balaban J connectivity index is 2.38. The van der Waals surface area contributed by atoms with Crippen molar-refractivity contribution in [2.75, 3.05) is 0 Å². The SMILES string of the molecule is O=[N+]([O-])C1=CC=C(F)CC1c1ccccc1. The van der Waals surface area contributed by atoms with E-state index in [9.17, 15) is 14.5 Å². The molecule has 0 aromatic heterocycles. The van der Waals surface area contributed by atoms with Crippen LogP contribution in [0.15, 0.2) is 54.0 Å². The molecule has 0 aliphatic heterocycles. The van der Waals surface area contributed by atoms with Crippen LogP contribution >= 0.6 is 0 Å². The van der Waals surface area contributed by atoms with Crippen molar-refractivity contribution in [3.8, 4) is 0 Å². The maximum atomic E-state index is 13.2. The van der Waals surface area contributed by atoms with Gasteiger partial charge in [0.25, 0.3) is 5.70 Å². The molecule has 3 nitrogen and oxygen atoms in total. The summed E-state index contributed by atoms with van der Waals surface area (Å²) >= 11 is 0. The van der Waals surface area contributed by atoms with Gasteiger partial charge in [-0.05, 0) is 11.6 Å². The first kappa shape index (κ1) is 10.5. The van der Waals surface area contributed by atoms with Gasteiger partial charge in [-0.15, -0.1) is 0 Å². The summed E-state index contributed by atoms with van der Waals surface area (Å²) in [6, 6.07) is 8.97. The smallest absolute Gasteiger partial charge is 0.254 e. The Kier molecular flexibility index (Phi) is 2.81. The highest BCUT2D eigenvalue weighted by molar-refractivity contribution is 5.32. The first-order valence-corrected chi connectivity index (χ1v) is 4.94. The zero-order valence-corrected chi connectivity index (χ0v) is 8.47. The lowest BCUT2D eigenvalue weighted by Crippen LogP contribution is -2.13. The van der Waals surface area contributed by atoms with E-state index in [1.165, 1.54) is 6.08 Å². The Bertz CT molecular complexity index is 465. The van der Waals surface area contributed by atoms with Crippen LogP contribution < -0.4 is 0 Å². The lowest BCUT2D eigenvalue weighted by molar-refractivity contribution is -0.430. The van der Waals surface area contributed by atoms with Gasteiger partial charge in [0.05, 0.1) is 10.8 Å². The zero-order chi connectivity index (χ0) is 11.5. The maximum Gasteiger partial charge on any atom is 0.254 e. The van der Waals surface area contributed by atoms with Gasteiger partial charge in [-0.1, -0.05) is 30.3 Å². The standard InChI is InChI=1S/C12H10FNO2/c13-10-6-7-12(14(15)16)11(8-10)9-4-2-1-3-5-9/h1-7,11H,8H2. The molecule has 2 rings (SSSR count). The number of halogens is 1. The monoisotopic (exact) mass is 219 g/mol. The maximum absolute atomic E-state index is 13.2. The summed E-state index contributed by atoms with van der Waals surface area (Å²) in [7, 11) is 0. The Morgan fingerprint density at radius 2 is 1.94 bits per heavy atom. The molecule has 0 amide bonds. The second kappa shape index (κ2) is 4.26. The van der Waals surface area contributed by atoms with Gasteiger partial charge in [-0.3, -0.25) is 10.1 Å². The Morgan fingerprint density at radius 3 is 2.56 bits per heavy atom. The van der Waals surface area contributed by atoms with Crippen LogP contribution in [0.4, 0.5) is 4.39 Å². The van der Waals surface area contributed by atoms with Gasteiger partial charge in [0.1, 0.15) is 5.83 Å². The topological polar surface area (TPSA) is 43.1 Å². The lowest BCUT2D eigenvalue weighted by atomic mass is 9.89. The van der Waals surface area contributed by atoms with Crippen LogP contribution in [0.3, 0.4) is 0 Å². The van der Waals surface area contributed by atoms with Crippen molar-refractivity contribution in [1.29, 1.82) is 0 Å². The molecule has 0 bridgehead atoms. The molecular formula is C12H10FNO2. The van der Waals surface area contributed by atoms with E-state index in [0.29, 0.717) is 0 Å². The quantitative estimate of drug-likeness (QED) is 0.566. The molecule has 82 valence electrons. The summed E-state index contributed by atoms with van der Waals surface area (Å²) in [5.41, 5.74) is 0.821. The third-order valence-electron chi connectivity index (χ3n) is 2.60. The van der Waals surface area contributed by atoms with Crippen LogP contribution in [-0.2, 0) is 0 Å². The second-order valence-corrected chi connectivity index (χ2v) is 3.63. The van der Waals surface area contributed by atoms with Crippen molar-refractivity contribution in [3.05, 3.63) is 69.7 Å². The average Bonchev–Trinajstić information content (AvgIpc) is 2.29. The summed E-state index contributed by atoms with van der Waals surface area (Å²) in [6.45, 7) is 0.